The Hall–Kier alpha value is -2.06. The predicted molar refractivity (Wildman–Crippen MR) is 110 cm³/mol. The van der Waals surface area contributed by atoms with Gasteiger partial charge in [-0.15, -0.1) is 11.3 Å². The van der Waals surface area contributed by atoms with Gasteiger partial charge in [0.1, 0.15) is 22.8 Å². The van der Waals surface area contributed by atoms with Gasteiger partial charge in [0.25, 0.3) is 0 Å². The highest BCUT2D eigenvalue weighted by Gasteiger charge is 2.14. The zero-order valence-corrected chi connectivity index (χ0v) is 16.2. The third-order valence-corrected chi connectivity index (χ3v) is 5.52. The van der Waals surface area contributed by atoms with E-state index in [9.17, 15) is 4.39 Å². The van der Waals surface area contributed by atoms with Gasteiger partial charge >= 0.3 is 0 Å². The van der Waals surface area contributed by atoms with Gasteiger partial charge in [-0.05, 0) is 71.0 Å². The van der Waals surface area contributed by atoms with E-state index < -0.39 is 0 Å². The van der Waals surface area contributed by atoms with Crippen molar-refractivity contribution in [1.82, 2.24) is 9.97 Å². The molecule has 124 valence electrons. The summed E-state index contributed by atoms with van der Waals surface area (Å²) < 4.78 is 14.4. The van der Waals surface area contributed by atoms with Crippen LogP contribution < -0.4 is 5.32 Å². The van der Waals surface area contributed by atoms with Crippen molar-refractivity contribution in [3.05, 3.63) is 69.1 Å². The molecule has 0 radical (unpaired) electrons. The van der Waals surface area contributed by atoms with E-state index in [1.807, 2.05) is 5.38 Å². The highest BCUT2D eigenvalue weighted by molar-refractivity contribution is 14.1. The highest BCUT2D eigenvalue weighted by atomic mass is 127. The molecule has 0 saturated carbocycles. The Balaban J connectivity index is 1.84. The van der Waals surface area contributed by atoms with Crippen molar-refractivity contribution in [3.8, 4) is 11.1 Å². The number of nitrogens with one attached hydrogen (secondary N) is 1. The molecule has 0 spiro atoms. The maximum Gasteiger partial charge on any atom is 0.143 e. The first kappa shape index (κ1) is 16.4. The molecule has 0 fully saturated rings. The Kier molecular flexibility index (Phi) is 4.39. The minimum absolute atomic E-state index is 0.243. The number of thiophene rings is 1. The molecule has 6 heteroatoms. The van der Waals surface area contributed by atoms with Crippen molar-refractivity contribution in [2.45, 2.75) is 6.92 Å². The molecule has 2 aromatic heterocycles. The Morgan fingerprint density at radius 1 is 1.08 bits per heavy atom. The fourth-order valence-corrected chi connectivity index (χ4v) is 4.27. The topological polar surface area (TPSA) is 37.8 Å². The molecule has 2 heterocycles. The number of halogens is 2. The van der Waals surface area contributed by atoms with E-state index in [1.165, 1.54) is 15.7 Å². The molecule has 0 amide bonds. The number of benzene rings is 2. The van der Waals surface area contributed by atoms with Gasteiger partial charge in [0.05, 0.1) is 5.39 Å². The van der Waals surface area contributed by atoms with E-state index in [0.717, 1.165) is 38.4 Å². The SMILES string of the molecule is Cc1cc(I)ccc1Nc1ncnc2scc(-c3ccc(F)cc3)c12. The number of nitrogens with zero attached hydrogens (tertiary/aromatic N) is 2. The Labute approximate surface area is 162 Å². The van der Waals surface area contributed by atoms with Gasteiger partial charge in [-0.3, -0.25) is 0 Å². The molecule has 0 unspecified atom stereocenters. The number of hydrogen-bond donors (Lipinski definition) is 1. The van der Waals surface area contributed by atoms with Crippen LogP contribution in [0.2, 0.25) is 0 Å². The van der Waals surface area contributed by atoms with Crippen molar-refractivity contribution in [3.63, 3.8) is 0 Å². The first-order chi connectivity index (χ1) is 12.1. The van der Waals surface area contributed by atoms with Crippen LogP contribution in [0.15, 0.2) is 54.2 Å². The molecule has 2 aromatic carbocycles. The summed E-state index contributed by atoms with van der Waals surface area (Å²) in [7, 11) is 0. The van der Waals surface area contributed by atoms with Crippen molar-refractivity contribution in [2.24, 2.45) is 0 Å². The van der Waals surface area contributed by atoms with E-state index in [4.69, 9.17) is 0 Å². The van der Waals surface area contributed by atoms with Gasteiger partial charge in [0.15, 0.2) is 0 Å². The lowest BCUT2D eigenvalue weighted by Crippen LogP contribution is -1.97. The van der Waals surface area contributed by atoms with Crippen LogP contribution in [-0.4, -0.2) is 9.97 Å². The van der Waals surface area contributed by atoms with Gasteiger partial charge in [-0.2, -0.15) is 0 Å². The second-order valence-corrected chi connectivity index (χ2v) is 7.75. The van der Waals surface area contributed by atoms with E-state index in [2.05, 4.69) is 63.0 Å². The fourth-order valence-electron chi connectivity index (χ4n) is 2.71. The first-order valence-electron chi connectivity index (χ1n) is 7.63. The molecule has 4 aromatic rings. The molecular formula is C19H13FIN3S. The molecule has 25 heavy (non-hydrogen) atoms. The third-order valence-electron chi connectivity index (χ3n) is 3.97. The Morgan fingerprint density at radius 3 is 2.64 bits per heavy atom. The van der Waals surface area contributed by atoms with Crippen LogP contribution in [0.5, 0.6) is 0 Å². The second-order valence-electron chi connectivity index (χ2n) is 5.64. The van der Waals surface area contributed by atoms with Crippen LogP contribution in [0, 0.1) is 16.3 Å². The summed E-state index contributed by atoms with van der Waals surface area (Å²) in [5.41, 5.74) is 4.12. The number of aromatic nitrogens is 2. The zero-order chi connectivity index (χ0) is 17.4. The average Bonchev–Trinajstić information content (AvgIpc) is 3.03. The molecule has 0 saturated heterocycles. The minimum atomic E-state index is -0.243. The zero-order valence-electron chi connectivity index (χ0n) is 13.3. The smallest absolute Gasteiger partial charge is 0.143 e. The summed E-state index contributed by atoms with van der Waals surface area (Å²) in [4.78, 5) is 9.73. The fraction of sp³-hybridized carbons (Fsp3) is 0.0526. The third kappa shape index (κ3) is 3.23. The second kappa shape index (κ2) is 6.68. The largest absolute Gasteiger partial charge is 0.339 e. The molecule has 0 aliphatic carbocycles. The molecule has 0 bridgehead atoms. The maximum atomic E-state index is 13.3. The lowest BCUT2D eigenvalue weighted by Gasteiger charge is -2.11. The quantitative estimate of drug-likeness (QED) is 0.372. The Bertz CT molecular complexity index is 1060. The lowest BCUT2D eigenvalue weighted by molar-refractivity contribution is 0.628. The molecule has 1 N–H and O–H groups in total. The summed E-state index contributed by atoms with van der Waals surface area (Å²) >= 11 is 3.86. The van der Waals surface area contributed by atoms with Gasteiger partial charge in [0, 0.05) is 20.2 Å². The van der Waals surface area contributed by atoms with Crippen molar-refractivity contribution in [1.29, 1.82) is 0 Å². The summed E-state index contributed by atoms with van der Waals surface area (Å²) in [5.74, 6) is 0.516. The number of rotatable bonds is 3. The van der Waals surface area contributed by atoms with Crippen molar-refractivity contribution < 1.29 is 4.39 Å². The van der Waals surface area contributed by atoms with Crippen LogP contribution in [0.4, 0.5) is 15.9 Å². The van der Waals surface area contributed by atoms with Crippen LogP contribution in [0.25, 0.3) is 21.3 Å². The monoisotopic (exact) mass is 461 g/mol. The molecule has 3 nitrogen and oxygen atoms in total. The minimum Gasteiger partial charge on any atom is -0.339 e. The summed E-state index contributed by atoms with van der Waals surface area (Å²) in [6.45, 7) is 2.07. The molecule has 0 aliphatic heterocycles. The predicted octanol–water partition coefficient (Wildman–Crippen LogP) is 6.15. The summed E-state index contributed by atoms with van der Waals surface area (Å²) in [6.07, 6.45) is 1.57. The lowest BCUT2D eigenvalue weighted by atomic mass is 10.1. The van der Waals surface area contributed by atoms with Crippen molar-refractivity contribution >= 4 is 55.6 Å². The highest BCUT2D eigenvalue weighted by Crippen LogP contribution is 2.37. The van der Waals surface area contributed by atoms with Crippen LogP contribution in [0.1, 0.15) is 5.56 Å². The van der Waals surface area contributed by atoms with Crippen molar-refractivity contribution in [2.75, 3.05) is 5.32 Å². The maximum absolute atomic E-state index is 13.3. The number of fused-ring (bicyclic) bond motifs is 1. The van der Waals surface area contributed by atoms with Gasteiger partial charge in [0.2, 0.25) is 0 Å². The number of hydrogen-bond acceptors (Lipinski definition) is 4. The molecule has 0 atom stereocenters. The van der Waals surface area contributed by atoms with E-state index in [-0.39, 0.29) is 5.82 Å². The van der Waals surface area contributed by atoms with Crippen LogP contribution in [0.3, 0.4) is 0 Å². The molecule has 0 aliphatic rings. The summed E-state index contributed by atoms with van der Waals surface area (Å²) in [5, 5.41) is 6.42. The average molecular weight is 461 g/mol. The van der Waals surface area contributed by atoms with Gasteiger partial charge in [-0.25, -0.2) is 14.4 Å². The number of aryl methyl sites for hydroxylation is 1. The number of anilines is 2. The van der Waals surface area contributed by atoms with Gasteiger partial charge in [-0.1, -0.05) is 12.1 Å². The normalized spacial score (nSPS) is 11.0. The molecular weight excluding hydrogens is 448 g/mol. The Morgan fingerprint density at radius 2 is 1.88 bits per heavy atom. The molecule has 4 rings (SSSR count). The summed E-state index contributed by atoms with van der Waals surface area (Å²) in [6, 6.07) is 12.7. The van der Waals surface area contributed by atoms with E-state index >= 15 is 0 Å². The van der Waals surface area contributed by atoms with Crippen LogP contribution >= 0.6 is 33.9 Å². The first-order valence-corrected chi connectivity index (χ1v) is 9.59. The van der Waals surface area contributed by atoms with Gasteiger partial charge < -0.3 is 5.32 Å². The van der Waals surface area contributed by atoms with Crippen LogP contribution in [-0.2, 0) is 0 Å². The standard InChI is InChI=1S/C19H13FIN3S/c1-11-8-14(21)6-7-16(11)24-18-17-15(9-25-19(17)23-10-22-18)12-2-4-13(20)5-3-12/h2-10H,1H3,(H,22,23,24). The van der Waals surface area contributed by atoms with E-state index in [1.54, 1.807) is 29.8 Å². The van der Waals surface area contributed by atoms with E-state index in [0.29, 0.717) is 0 Å².